The molecule has 5 heteroatoms. The topological polar surface area (TPSA) is 52.8 Å². The number of carbonyl (C=O) groups is 1. The molecule has 2 aromatic rings. The first-order chi connectivity index (χ1) is 13.6. The molecule has 1 unspecified atom stereocenters. The van der Waals surface area contributed by atoms with Gasteiger partial charge < -0.3 is 15.5 Å². The van der Waals surface area contributed by atoms with Crippen molar-refractivity contribution in [2.24, 2.45) is 5.73 Å². The highest BCUT2D eigenvalue weighted by Gasteiger charge is 2.25. The first-order valence-corrected chi connectivity index (χ1v) is 10.1. The zero-order valence-electron chi connectivity index (χ0n) is 16.8. The third-order valence-electron chi connectivity index (χ3n) is 5.39. The molecule has 1 aliphatic rings. The third kappa shape index (κ3) is 6.16. The van der Waals surface area contributed by atoms with Crippen LogP contribution < -0.4 is 5.73 Å². The number of nitrogens with zero attached hydrogens (tertiary/aromatic N) is 3. The molecule has 28 heavy (non-hydrogen) atoms. The fourth-order valence-electron chi connectivity index (χ4n) is 3.67. The largest absolute Gasteiger partial charge is 0.339 e. The van der Waals surface area contributed by atoms with Crippen LogP contribution in [0.4, 0.5) is 0 Å². The van der Waals surface area contributed by atoms with Crippen molar-refractivity contribution >= 4 is 5.91 Å². The molecule has 0 bridgehead atoms. The van der Waals surface area contributed by atoms with Gasteiger partial charge in [-0.25, -0.2) is 0 Å². The van der Waals surface area contributed by atoms with Crippen LogP contribution in [0, 0.1) is 0 Å². The highest BCUT2D eigenvalue weighted by Crippen LogP contribution is 2.08. The van der Waals surface area contributed by atoms with Gasteiger partial charge in [0.1, 0.15) is 0 Å². The van der Waals surface area contributed by atoms with Gasteiger partial charge in [-0.15, -0.1) is 0 Å². The molecule has 0 aliphatic carbocycles. The summed E-state index contributed by atoms with van der Waals surface area (Å²) in [6.07, 6.45) is 0.601. The quantitative estimate of drug-likeness (QED) is 0.759. The Hall–Kier alpha value is -2.21. The molecule has 1 aliphatic heterocycles. The van der Waals surface area contributed by atoms with E-state index in [1.165, 1.54) is 5.56 Å². The van der Waals surface area contributed by atoms with Crippen LogP contribution in [-0.4, -0.2) is 73.0 Å². The zero-order valence-corrected chi connectivity index (χ0v) is 16.8. The van der Waals surface area contributed by atoms with E-state index < -0.39 is 6.04 Å². The predicted octanol–water partition coefficient (Wildman–Crippen LogP) is 1.83. The van der Waals surface area contributed by atoms with Crippen LogP contribution in [-0.2, 0) is 17.8 Å². The third-order valence-corrected chi connectivity index (χ3v) is 5.39. The maximum atomic E-state index is 12.7. The number of hydrogen-bond donors (Lipinski definition) is 1. The van der Waals surface area contributed by atoms with Crippen molar-refractivity contribution < 1.29 is 4.79 Å². The monoisotopic (exact) mass is 380 g/mol. The SMILES string of the molecule is CN(CCN1CCN(C(=O)C(N)Cc2ccccc2)CC1)Cc1ccccc1. The number of piperazine rings is 1. The molecule has 150 valence electrons. The van der Waals surface area contributed by atoms with Crippen molar-refractivity contribution in [1.82, 2.24) is 14.7 Å². The van der Waals surface area contributed by atoms with E-state index >= 15 is 0 Å². The summed E-state index contributed by atoms with van der Waals surface area (Å²) in [5, 5.41) is 0. The molecule has 2 aromatic carbocycles. The second-order valence-electron chi connectivity index (χ2n) is 7.69. The maximum absolute atomic E-state index is 12.7. The Bertz CT molecular complexity index is 714. The van der Waals surface area contributed by atoms with Gasteiger partial charge in [0.05, 0.1) is 6.04 Å². The van der Waals surface area contributed by atoms with Gasteiger partial charge in [0.2, 0.25) is 5.91 Å². The molecule has 0 spiro atoms. The first kappa shape index (κ1) is 20.5. The van der Waals surface area contributed by atoms with Crippen LogP contribution >= 0.6 is 0 Å². The van der Waals surface area contributed by atoms with Crippen LogP contribution in [0.15, 0.2) is 60.7 Å². The summed E-state index contributed by atoms with van der Waals surface area (Å²) in [6.45, 7) is 6.39. The summed E-state index contributed by atoms with van der Waals surface area (Å²) in [5.41, 5.74) is 8.63. The minimum atomic E-state index is -0.453. The molecular weight excluding hydrogens is 348 g/mol. The standard InChI is InChI=1S/C23H32N4O/c1-25(19-21-10-6-3-7-11-21)12-13-26-14-16-27(17-15-26)23(28)22(24)18-20-8-4-2-5-9-20/h2-11,22H,12-19,24H2,1H3. The van der Waals surface area contributed by atoms with Crippen molar-refractivity contribution in [3.63, 3.8) is 0 Å². The second-order valence-corrected chi connectivity index (χ2v) is 7.69. The Morgan fingerprint density at radius 2 is 1.54 bits per heavy atom. The van der Waals surface area contributed by atoms with Gasteiger partial charge in [0.25, 0.3) is 0 Å². The van der Waals surface area contributed by atoms with Crippen molar-refractivity contribution in [2.75, 3.05) is 46.3 Å². The van der Waals surface area contributed by atoms with Crippen LogP contribution in [0.1, 0.15) is 11.1 Å². The summed E-state index contributed by atoms with van der Waals surface area (Å²) in [7, 11) is 2.16. The molecule has 1 saturated heterocycles. The number of carbonyl (C=O) groups excluding carboxylic acids is 1. The maximum Gasteiger partial charge on any atom is 0.239 e. The smallest absolute Gasteiger partial charge is 0.239 e. The van der Waals surface area contributed by atoms with E-state index in [1.807, 2.05) is 35.2 Å². The molecule has 1 amide bonds. The predicted molar refractivity (Wildman–Crippen MR) is 114 cm³/mol. The van der Waals surface area contributed by atoms with Gasteiger partial charge in [-0.2, -0.15) is 0 Å². The molecule has 3 rings (SSSR count). The highest BCUT2D eigenvalue weighted by atomic mass is 16.2. The van der Waals surface area contributed by atoms with Crippen LogP contribution in [0.2, 0.25) is 0 Å². The Morgan fingerprint density at radius 3 is 2.14 bits per heavy atom. The molecule has 1 atom stereocenters. The lowest BCUT2D eigenvalue weighted by molar-refractivity contribution is -0.134. The molecule has 5 nitrogen and oxygen atoms in total. The van der Waals surface area contributed by atoms with Crippen molar-refractivity contribution in [1.29, 1.82) is 0 Å². The number of hydrogen-bond acceptors (Lipinski definition) is 4. The fraction of sp³-hybridized carbons (Fsp3) is 0.435. The van der Waals surface area contributed by atoms with E-state index in [0.29, 0.717) is 6.42 Å². The minimum Gasteiger partial charge on any atom is -0.339 e. The lowest BCUT2D eigenvalue weighted by atomic mass is 10.1. The van der Waals surface area contributed by atoms with E-state index in [2.05, 4.69) is 47.2 Å². The number of amides is 1. The minimum absolute atomic E-state index is 0.0738. The van der Waals surface area contributed by atoms with Crippen LogP contribution in [0.3, 0.4) is 0 Å². The fourth-order valence-corrected chi connectivity index (χ4v) is 3.67. The van der Waals surface area contributed by atoms with E-state index in [9.17, 15) is 4.79 Å². The van der Waals surface area contributed by atoms with Crippen LogP contribution in [0.25, 0.3) is 0 Å². The Morgan fingerprint density at radius 1 is 0.964 bits per heavy atom. The van der Waals surface area contributed by atoms with E-state index in [-0.39, 0.29) is 5.91 Å². The Balaban J connectivity index is 1.37. The average Bonchev–Trinajstić information content (AvgIpc) is 2.73. The molecule has 0 saturated carbocycles. The number of rotatable bonds is 8. The van der Waals surface area contributed by atoms with E-state index in [1.54, 1.807) is 0 Å². The van der Waals surface area contributed by atoms with Crippen LogP contribution in [0.5, 0.6) is 0 Å². The summed E-state index contributed by atoms with van der Waals surface area (Å²) >= 11 is 0. The molecular formula is C23H32N4O. The van der Waals surface area contributed by atoms with E-state index in [0.717, 1.165) is 51.4 Å². The summed E-state index contributed by atoms with van der Waals surface area (Å²) in [4.78, 5) is 19.4. The average molecular weight is 381 g/mol. The van der Waals surface area contributed by atoms with Crippen molar-refractivity contribution in [3.05, 3.63) is 71.8 Å². The van der Waals surface area contributed by atoms with Crippen molar-refractivity contribution in [2.45, 2.75) is 19.0 Å². The van der Waals surface area contributed by atoms with Gasteiger partial charge in [0.15, 0.2) is 0 Å². The number of nitrogens with two attached hydrogens (primary N) is 1. The van der Waals surface area contributed by atoms with Gasteiger partial charge in [-0.3, -0.25) is 9.69 Å². The second kappa shape index (κ2) is 10.4. The summed E-state index contributed by atoms with van der Waals surface area (Å²) in [6, 6.07) is 20.1. The van der Waals surface area contributed by atoms with E-state index in [4.69, 9.17) is 5.73 Å². The summed E-state index contributed by atoms with van der Waals surface area (Å²) < 4.78 is 0. The van der Waals surface area contributed by atoms with Crippen molar-refractivity contribution in [3.8, 4) is 0 Å². The van der Waals surface area contributed by atoms with Gasteiger partial charge in [-0.1, -0.05) is 60.7 Å². The summed E-state index contributed by atoms with van der Waals surface area (Å²) in [5.74, 6) is 0.0738. The lowest BCUT2D eigenvalue weighted by Gasteiger charge is -2.36. The van der Waals surface area contributed by atoms with Gasteiger partial charge in [-0.05, 0) is 24.6 Å². The lowest BCUT2D eigenvalue weighted by Crippen LogP contribution is -2.54. The number of likely N-dealkylation sites (N-methyl/N-ethyl adjacent to an activating group) is 1. The van der Waals surface area contributed by atoms with Gasteiger partial charge in [0, 0.05) is 45.8 Å². The zero-order chi connectivity index (χ0) is 19.8. The molecule has 1 fully saturated rings. The molecule has 1 heterocycles. The molecule has 0 aromatic heterocycles. The number of benzene rings is 2. The molecule has 2 N–H and O–H groups in total. The Kier molecular flexibility index (Phi) is 7.60. The Labute approximate surface area is 168 Å². The normalized spacial score (nSPS) is 16.3. The molecule has 0 radical (unpaired) electrons. The van der Waals surface area contributed by atoms with Gasteiger partial charge >= 0.3 is 0 Å². The first-order valence-electron chi connectivity index (χ1n) is 10.1. The highest BCUT2D eigenvalue weighted by molar-refractivity contribution is 5.82.